The van der Waals surface area contributed by atoms with Crippen LogP contribution in [-0.2, 0) is 19.7 Å². The molecule has 0 aromatic heterocycles. The molecule has 1 aliphatic carbocycles. The van der Waals surface area contributed by atoms with Gasteiger partial charge in [0.2, 0.25) is 0 Å². The number of carboxylic acids is 2. The molecule has 0 aromatic carbocycles. The molecule has 7 nitrogen and oxygen atoms in total. The second-order valence-corrected chi connectivity index (χ2v) is 6.73. The minimum Gasteiger partial charge on any atom is -0.481 e. The average Bonchev–Trinajstić information content (AvgIpc) is 2.19. The highest BCUT2D eigenvalue weighted by molar-refractivity contribution is 7.86. The SMILES string of the molecule is CC1C(C(=O)O)CC(S(=O)(=O)O)CC1(C)C(=O)O. The van der Waals surface area contributed by atoms with E-state index in [1.807, 2.05) is 0 Å². The Balaban J connectivity index is 3.22. The highest BCUT2D eigenvalue weighted by Gasteiger charge is 2.53. The standard InChI is InChI=1S/C10H16O7S/c1-5-7(8(11)12)3-6(18(15,16)17)4-10(5,2)9(13)14/h5-7H,3-4H2,1-2H3,(H,11,12)(H,13,14)(H,15,16,17). The minimum absolute atomic E-state index is 0.266. The summed E-state index contributed by atoms with van der Waals surface area (Å²) in [6.07, 6.45) is -0.551. The number of aliphatic carboxylic acids is 2. The number of rotatable bonds is 3. The fraction of sp³-hybridized carbons (Fsp3) is 0.800. The molecule has 0 heterocycles. The highest BCUT2D eigenvalue weighted by atomic mass is 32.2. The van der Waals surface area contributed by atoms with E-state index < -0.39 is 44.6 Å². The van der Waals surface area contributed by atoms with Crippen LogP contribution in [0.3, 0.4) is 0 Å². The van der Waals surface area contributed by atoms with E-state index in [9.17, 15) is 23.1 Å². The van der Waals surface area contributed by atoms with Gasteiger partial charge in [-0.1, -0.05) is 6.92 Å². The molecule has 0 aliphatic heterocycles. The highest BCUT2D eigenvalue weighted by Crippen LogP contribution is 2.46. The van der Waals surface area contributed by atoms with Crippen molar-refractivity contribution in [2.75, 3.05) is 0 Å². The first-order chi connectivity index (χ1) is 8.00. The van der Waals surface area contributed by atoms with Crippen molar-refractivity contribution in [3.8, 4) is 0 Å². The molecule has 4 atom stereocenters. The summed E-state index contributed by atoms with van der Waals surface area (Å²) in [6, 6.07) is 0. The monoisotopic (exact) mass is 280 g/mol. The van der Waals surface area contributed by atoms with Gasteiger partial charge in [-0.05, 0) is 25.7 Å². The van der Waals surface area contributed by atoms with Crippen LogP contribution >= 0.6 is 0 Å². The van der Waals surface area contributed by atoms with Crippen molar-refractivity contribution >= 4 is 22.1 Å². The number of carbonyl (C=O) groups is 2. The van der Waals surface area contributed by atoms with Crippen molar-refractivity contribution in [3.63, 3.8) is 0 Å². The Morgan fingerprint density at radius 3 is 2.11 bits per heavy atom. The maximum Gasteiger partial charge on any atom is 0.309 e. The normalized spacial score (nSPS) is 37.2. The summed E-state index contributed by atoms with van der Waals surface area (Å²) in [7, 11) is -4.45. The lowest BCUT2D eigenvalue weighted by atomic mass is 9.63. The van der Waals surface area contributed by atoms with Crippen LogP contribution in [0.1, 0.15) is 26.7 Å². The van der Waals surface area contributed by atoms with Crippen LogP contribution in [0.15, 0.2) is 0 Å². The van der Waals surface area contributed by atoms with E-state index >= 15 is 0 Å². The molecule has 0 saturated heterocycles. The van der Waals surface area contributed by atoms with Gasteiger partial charge in [-0.3, -0.25) is 14.1 Å². The lowest BCUT2D eigenvalue weighted by Crippen LogP contribution is -2.50. The molecular weight excluding hydrogens is 264 g/mol. The van der Waals surface area contributed by atoms with Crippen molar-refractivity contribution in [1.82, 2.24) is 0 Å². The summed E-state index contributed by atoms with van der Waals surface area (Å²) < 4.78 is 31.3. The van der Waals surface area contributed by atoms with E-state index in [1.165, 1.54) is 13.8 Å². The third-order valence-corrected chi connectivity index (χ3v) is 5.21. The Bertz CT molecular complexity index is 469. The topological polar surface area (TPSA) is 129 Å². The molecule has 4 unspecified atom stereocenters. The van der Waals surface area contributed by atoms with E-state index in [2.05, 4.69) is 0 Å². The Morgan fingerprint density at radius 2 is 1.78 bits per heavy atom. The van der Waals surface area contributed by atoms with Gasteiger partial charge >= 0.3 is 11.9 Å². The summed E-state index contributed by atoms with van der Waals surface area (Å²) in [5.41, 5.74) is -1.48. The first kappa shape index (κ1) is 14.9. The third kappa shape index (κ3) is 2.49. The molecule has 0 spiro atoms. The van der Waals surface area contributed by atoms with Gasteiger partial charge in [0.05, 0.1) is 16.6 Å². The van der Waals surface area contributed by atoms with Crippen LogP contribution in [0.5, 0.6) is 0 Å². The molecule has 8 heteroatoms. The van der Waals surface area contributed by atoms with Gasteiger partial charge < -0.3 is 10.2 Å². The molecule has 0 amide bonds. The van der Waals surface area contributed by atoms with Gasteiger partial charge in [0.15, 0.2) is 0 Å². The van der Waals surface area contributed by atoms with E-state index in [0.29, 0.717) is 0 Å². The van der Waals surface area contributed by atoms with Crippen LogP contribution in [-0.4, -0.2) is 40.4 Å². The molecule has 0 bridgehead atoms. The minimum atomic E-state index is -4.45. The van der Waals surface area contributed by atoms with Crippen LogP contribution in [0.25, 0.3) is 0 Å². The Morgan fingerprint density at radius 1 is 1.28 bits per heavy atom. The lowest BCUT2D eigenvalue weighted by molar-refractivity contribution is -0.160. The van der Waals surface area contributed by atoms with E-state index in [0.717, 1.165) is 0 Å². The third-order valence-electron chi connectivity index (χ3n) is 4.00. The summed E-state index contributed by atoms with van der Waals surface area (Å²) in [5, 5.41) is 16.9. The Hall–Kier alpha value is -1.15. The molecule has 18 heavy (non-hydrogen) atoms. The Labute approximate surface area is 105 Å². The molecule has 104 valence electrons. The van der Waals surface area contributed by atoms with Gasteiger partial charge in [0, 0.05) is 0 Å². The first-order valence-corrected chi connectivity index (χ1v) is 6.93. The predicted octanol–water partition coefficient (Wildman–Crippen LogP) is 0.464. The molecular formula is C10H16O7S. The number of hydrogen-bond acceptors (Lipinski definition) is 4. The molecule has 1 aliphatic rings. The molecule has 0 radical (unpaired) electrons. The summed E-state index contributed by atoms with van der Waals surface area (Å²) >= 11 is 0. The van der Waals surface area contributed by atoms with Crippen molar-refractivity contribution in [3.05, 3.63) is 0 Å². The average molecular weight is 280 g/mol. The van der Waals surface area contributed by atoms with Crippen molar-refractivity contribution < 1.29 is 32.8 Å². The zero-order valence-corrected chi connectivity index (χ0v) is 10.8. The second kappa shape index (κ2) is 4.51. The fourth-order valence-corrected chi connectivity index (χ4v) is 3.50. The maximum absolute atomic E-state index is 11.3. The smallest absolute Gasteiger partial charge is 0.309 e. The van der Waals surface area contributed by atoms with E-state index in [1.54, 1.807) is 0 Å². The van der Waals surface area contributed by atoms with Gasteiger partial charge in [-0.15, -0.1) is 0 Å². The van der Waals surface area contributed by atoms with Gasteiger partial charge in [0.25, 0.3) is 10.1 Å². The maximum atomic E-state index is 11.3. The van der Waals surface area contributed by atoms with Crippen LogP contribution < -0.4 is 0 Å². The van der Waals surface area contributed by atoms with Gasteiger partial charge in [-0.2, -0.15) is 8.42 Å². The van der Waals surface area contributed by atoms with Gasteiger partial charge in [-0.25, -0.2) is 0 Å². The fourth-order valence-electron chi connectivity index (χ4n) is 2.50. The number of carboxylic acid groups (broad SMARTS) is 2. The molecule has 1 fully saturated rings. The second-order valence-electron chi connectivity index (χ2n) is 5.03. The number of hydrogen-bond donors (Lipinski definition) is 3. The Kier molecular flexibility index (Phi) is 3.73. The van der Waals surface area contributed by atoms with Crippen LogP contribution in [0.4, 0.5) is 0 Å². The summed E-state index contributed by atoms with van der Waals surface area (Å²) in [4.78, 5) is 22.3. The van der Waals surface area contributed by atoms with Crippen molar-refractivity contribution in [2.45, 2.75) is 31.9 Å². The molecule has 1 saturated carbocycles. The van der Waals surface area contributed by atoms with Gasteiger partial charge in [0.1, 0.15) is 0 Å². The van der Waals surface area contributed by atoms with E-state index in [4.69, 9.17) is 9.66 Å². The largest absolute Gasteiger partial charge is 0.481 e. The zero-order chi connectivity index (χ0) is 14.3. The quantitative estimate of drug-likeness (QED) is 0.640. The van der Waals surface area contributed by atoms with Crippen molar-refractivity contribution in [2.24, 2.45) is 17.3 Å². The zero-order valence-electron chi connectivity index (χ0n) is 10.0. The van der Waals surface area contributed by atoms with Crippen LogP contribution in [0.2, 0.25) is 0 Å². The van der Waals surface area contributed by atoms with Crippen molar-refractivity contribution in [1.29, 1.82) is 0 Å². The molecule has 3 N–H and O–H groups in total. The van der Waals surface area contributed by atoms with Crippen LogP contribution in [0, 0.1) is 17.3 Å². The summed E-state index contributed by atoms with van der Waals surface area (Å²) in [5.74, 6) is -4.32. The predicted molar refractivity (Wildman–Crippen MR) is 60.6 cm³/mol. The lowest BCUT2D eigenvalue weighted by Gasteiger charge is -2.42. The first-order valence-electron chi connectivity index (χ1n) is 5.42. The summed E-state index contributed by atoms with van der Waals surface area (Å²) in [6.45, 7) is 2.79. The molecule has 0 aromatic rings. The van der Waals surface area contributed by atoms with E-state index in [-0.39, 0.29) is 12.8 Å². The molecule has 1 rings (SSSR count).